The molecule has 0 fully saturated rings. The van der Waals surface area contributed by atoms with Gasteiger partial charge in [-0.3, -0.25) is 14.9 Å². The summed E-state index contributed by atoms with van der Waals surface area (Å²) in [5.74, 6) is -1.93. The zero-order valence-corrected chi connectivity index (χ0v) is 8.84. The molecule has 0 heterocycles. The van der Waals surface area contributed by atoms with Crippen LogP contribution in [0.3, 0.4) is 0 Å². The second-order valence-electron chi connectivity index (χ2n) is 2.91. The lowest BCUT2D eigenvalue weighted by atomic mass is 10.2. The number of hydrogen-bond donors (Lipinski definition) is 0. The monoisotopic (exact) mass is 238 g/mol. The minimum absolute atomic E-state index is 0.0111. The first kappa shape index (κ1) is 12.6. The molecule has 0 aliphatic rings. The van der Waals surface area contributed by atoms with Crippen molar-refractivity contribution >= 4 is 17.6 Å². The SMILES string of the molecule is [CH2]C(=O)Oc1ccc(C(=O)OC)cc1[N+](=O)[O-]. The second kappa shape index (κ2) is 5.06. The number of carbonyl (C=O) groups excluding carboxylic acids is 2. The average Bonchev–Trinajstić information content (AvgIpc) is 2.27. The molecule has 0 unspecified atom stereocenters. The number of carbonyl (C=O) groups is 2. The van der Waals surface area contributed by atoms with Crippen LogP contribution >= 0.6 is 0 Å². The number of nitro benzene ring substituents is 1. The van der Waals surface area contributed by atoms with Crippen molar-refractivity contribution in [3.63, 3.8) is 0 Å². The summed E-state index contributed by atoms with van der Waals surface area (Å²) in [6.07, 6.45) is 0. The maximum atomic E-state index is 11.2. The predicted molar refractivity (Wildman–Crippen MR) is 55.4 cm³/mol. The molecule has 1 aromatic carbocycles. The van der Waals surface area contributed by atoms with E-state index in [2.05, 4.69) is 16.4 Å². The van der Waals surface area contributed by atoms with Gasteiger partial charge in [-0.1, -0.05) is 0 Å². The first-order chi connectivity index (χ1) is 7.95. The van der Waals surface area contributed by atoms with E-state index >= 15 is 0 Å². The molecule has 7 heteroatoms. The van der Waals surface area contributed by atoms with Crippen LogP contribution in [-0.2, 0) is 9.53 Å². The predicted octanol–water partition coefficient (Wildman–Crippen LogP) is 1.12. The highest BCUT2D eigenvalue weighted by Crippen LogP contribution is 2.28. The third-order valence-electron chi connectivity index (χ3n) is 1.80. The highest BCUT2D eigenvalue weighted by Gasteiger charge is 2.20. The lowest BCUT2D eigenvalue weighted by Crippen LogP contribution is -2.07. The molecule has 1 radical (unpaired) electrons. The smallest absolute Gasteiger partial charge is 0.338 e. The summed E-state index contributed by atoms with van der Waals surface area (Å²) in [4.78, 5) is 31.7. The molecule has 0 aliphatic carbocycles. The van der Waals surface area contributed by atoms with Crippen molar-refractivity contribution in [2.45, 2.75) is 0 Å². The number of nitro groups is 1. The van der Waals surface area contributed by atoms with Crippen LogP contribution in [0.4, 0.5) is 5.69 Å². The van der Waals surface area contributed by atoms with Crippen LogP contribution in [0.2, 0.25) is 0 Å². The quantitative estimate of drug-likeness (QED) is 0.339. The van der Waals surface area contributed by atoms with E-state index in [1.165, 1.54) is 6.07 Å². The Kier molecular flexibility index (Phi) is 3.76. The molecule has 89 valence electrons. The van der Waals surface area contributed by atoms with Gasteiger partial charge in [0.15, 0.2) is 0 Å². The van der Waals surface area contributed by atoms with Crippen molar-refractivity contribution < 1.29 is 24.0 Å². The minimum Gasteiger partial charge on any atom is -0.465 e. The van der Waals surface area contributed by atoms with Gasteiger partial charge in [-0.25, -0.2) is 4.79 Å². The van der Waals surface area contributed by atoms with Crippen LogP contribution in [0.5, 0.6) is 5.75 Å². The number of rotatable bonds is 3. The van der Waals surface area contributed by atoms with Gasteiger partial charge >= 0.3 is 17.6 Å². The molecule has 17 heavy (non-hydrogen) atoms. The molecule has 0 bridgehead atoms. The number of hydrogen-bond acceptors (Lipinski definition) is 6. The molecule has 0 amide bonds. The van der Waals surface area contributed by atoms with E-state index in [0.29, 0.717) is 0 Å². The molecule has 0 N–H and O–H groups in total. The topological polar surface area (TPSA) is 95.7 Å². The van der Waals surface area contributed by atoms with Gasteiger partial charge in [0.1, 0.15) is 0 Å². The van der Waals surface area contributed by atoms with E-state index in [0.717, 1.165) is 19.2 Å². The van der Waals surface area contributed by atoms with Crippen LogP contribution in [-0.4, -0.2) is 24.0 Å². The lowest BCUT2D eigenvalue weighted by molar-refractivity contribution is -0.385. The Balaban J connectivity index is 3.21. The Morgan fingerprint density at radius 3 is 2.53 bits per heavy atom. The first-order valence-corrected chi connectivity index (χ1v) is 4.36. The second-order valence-corrected chi connectivity index (χ2v) is 2.91. The average molecular weight is 238 g/mol. The summed E-state index contributed by atoms with van der Waals surface area (Å²) in [6, 6.07) is 3.34. The Morgan fingerprint density at radius 1 is 1.41 bits per heavy atom. The molecule has 1 aromatic rings. The fourth-order valence-electron chi connectivity index (χ4n) is 1.11. The van der Waals surface area contributed by atoms with Gasteiger partial charge in [0.25, 0.3) is 0 Å². The highest BCUT2D eigenvalue weighted by atomic mass is 16.6. The third kappa shape index (κ3) is 3.00. The fraction of sp³-hybridized carbons (Fsp3) is 0.100. The van der Waals surface area contributed by atoms with Crippen molar-refractivity contribution in [2.75, 3.05) is 7.11 Å². The van der Waals surface area contributed by atoms with Crippen LogP contribution in [0.15, 0.2) is 18.2 Å². The van der Waals surface area contributed by atoms with E-state index in [1.54, 1.807) is 0 Å². The molecule has 0 saturated heterocycles. The Labute approximate surface area is 96.1 Å². The summed E-state index contributed by atoms with van der Waals surface area (Å²) in [5.41, 5.74) is -0.520. The van der Waals surface area contributed by atoms with Crippen molar-refractivity contribution in [1.82, 2.24) is 0 Å². The van der Waals surface area contributed by atoms with E-state index in [4.69, 9.17) is 0 Å². The van der Waals surface area contributed by atoms with Crippen molar-refractivity contribution in [3.05, 3.63) is 40.8 Å². The highest BCUT2D eigenvalue weighted by molar-refractivity contribution is 5.90. The van der Waals surface area contributed by atoms with Crippen LogP contribution in [0.1, 0.15) is 10.4 Å². The maximum Gasteiger partial charge on any atom is 0.338 e. The summed E-state index contributed by atoms with van der Waals surface area (Å²) < 4.78 is 8.94. The minimum atomic E-state index is -0.932. The lowest BCUT2D eigenvalue weighted by Gasteiger charge is -2.04. The summed E-state index contributed by atoms with van der Waals surface area (Å²) in [5, 5.41) is 10.7. The maximum absolute atomic E-state index is 11.2. The van der Waals surface area contributed by atoms with E-state index in [1.807, 2.05) is 0 Å². The summed E-state index contributed by atoms with van der Waals surface area (Å²) in [7, 11) is 1.15. The van der Waals surface area contributed by atoms with E-state index < -0.39 is 22.5 Å². The van der Waals surface area contributed by atoms with Crippen LogP contribution in [0, 0.1) is 17.0 Å². The standard InChI is InChI=1S/C10H8NO6/c1-6(12)17-9-4-3-7(10(13)16-2)5-8(9)11(14)15/h3-5H,1H2,2H3. The third-order valence-corrected chi connectivity index (χ3v) is 1.80. The molecule has 0 spiro atoms. The first-order valence-electron chi connectivity index (χ1n) is 4.36. The molecule has 1 rings (SSSR count). The van der Waals surface area contributed by atoms with Gasteiger partial charge in [0.2, 0.25) is 5.75 Å². The number of nitrogens with zero attached hydrogens (tertiary/aromatic N) is 1. The number of methoxy groups -OCH3 is 1. The van der Waals surface area contributed by atoms with Gasteiger partial charge in [-0.15, -0.1) is 0 Å². The van der Waals surface area contributed by atoms with Gasteiger partial charge in [0, 0.05) is 6.07 Å². The largest absolute Gasteiger partial charge is 0.465 e. The van der Waals surface area contributed by atoms with E-state index in [9.17, 15) is 19.7 Å². The van der Waals surface area contributed by atoms with Gasteiger partial charge in [-0.2, -0.15) is 0 Å². The molecule has 0 aromatic heterocycles. The van der Waals surface area contributed by atoms with Gasteiger partial charge in [-0.05, 0) is 12.1 Å². The summed E-state index contributed by atoms with van der Waals surface area (Å²) >= 11 is 0. The van der Waals surface area contributed by atoms with Gasteiger partial charge < -0.3 is 9.47 Å². The van der Waals surface area contributed by atoms with Crippen molar-refractivity contribution in [3.8, 4) is 5.75 Å². The fourth-order valence-corrected chi connectivity index (χ4v) is 1.11. The molecule has 0 saturated carbocycles. The zero-order chi connectivity index (χ0) is 13.0. The summed E-state index contributed by atoms with van der Waals surface area (Å²) in [6.45, 7) is 2.93. The van der Waals surface area contributed by atoms with E-state index in [-0.39, 0.29) is 11.3 Å². The van der Waals surface area contributed by atoms with Crippen molar-refractivity contribution in [1.29, 1.82) is 0 Å². The number of esters is 2. The molecule has 0 aliphatic heterocycles. The Hall–Kier alpha value is -2.44. The zero-order valence-electron chi connectivity index (χ0n) is 8.84. The van der Waals surface area contributed by atoms with Crippen LogP contribution in [0.25, 0.3) is 0 Å². The molecule has 7 nitrogen and oxygen atoms in total. The van der Waals surface area contributed by atoms with Crippen molar-refractivity contribution in [2.24, 2.45) is 0 Å². The normalized spacial score (nSPS) is 9.53. The molecule has 0 atom stereocenters. The number of ether oxygens (including phenoxy) is 2. The molecular weight excluding hydrogens is 230 g/mol. The van der Waals surface area contributed by atoms with Gasteiger partial charge in [0.05, 0.1) is 24.5 Å². The van der Waals surface area contributed by atoms with Crippen LogP contribution < -0.4 is 4.74 Å². The Bertz CT molecular complexity index is 482. The number of benzene rings is 1. The Morgan fingerprint density at radius 2 is 2.06 bits per heavy atom. The molecular formula is C10H8NO6.